The Morgan fingerprint density at radius 1 is 1.09 bits per heavy atom. The van der Waals surface area contributed by atoms with Crippen LogP contribution in [0, 0.1) is 17.8 Å². The first kappa shape index (κ1) is 25.3. The summed E-state index contributed by atoms with van der Waals surface area (Å²) in [5, 5.41) is 5.04. The monoisotopic (exact) mass is 486 g/mol. The average molecular weight is 487 g/mol. The lowest BCUT2D eigenvalue weighted by molar-refractivity contribution is 0.0817. The molecule has 3 N–H and O–H groups in total. The Hall–Kier alpha value is -3.01. The second-order valence-electron chi connectivity index (χ2n) is 6.76. The number of ether oxygens (including phenoxy) is 1. The number of hydrogen-bond acceptors (Lipinski definition) is 6. The molecule has 0 atom stereocenters. The number of carbonyl (C=O) groups excluding carboxylic acids is 1. The SMILES string of the molecule is CC(C)C#Cc1ccc(C(=O)NS(=O)(=O)c2ccccc2S(N)(=O)=O)cc1OCC(F)F. The number of alkyl halides is 2. The van der Waals surface area contributed by atoms with Crippen LogP contribution in [0.5, 0.6) is 5.75 Å². The van der Waals surface area contributed by atoms with Gasteiger partial charge in [0.1, 0.15) is 22.1 Å². The number of carbonyl (C=O) groups is 1. The molecular weight excluding hydrogens is 466 g/mol. The lowest BCUT2D eigenvalue weighted by Crippen LogP contribution is -2.32. The molecule has 0 aliphatic carbocycles. The summed E-state index contributed by atoms with van der Waals surface area (Å²) in [5.74, 6) is 4.29. The topological polar surface area (TPSA) is 133 Å². The molecule has 2 aromatic rings. The zero-order valence-electron chi connectivity index (χ0n) is 17.0. The van der Waals surface area contributed by atoms with Gasteiger partial charge in [0.15, 0.2) is 0 Å². The van der Waals surface area contributed by atoms with Gasteiger partial charge in [0.05, 0.1) is 5.56 Å². The maximum absolute atomic E-state index is 12.6. The number of nitrogens with two attached hydrogens (primary N) is 1. The summed E-state index contributed by atoms with van der Waals surface area (Å²) in [5.41, 5.74) is -0.000599. The van der Waals surface area contributed by atoms with E-state index in [1.165, 1.54) is 24.3 Å². The molecule has 0 saturated carbocycles. The molecule has 0 radical (unpaired) electrons. The number of nitrogens with one attached hydrogen (secondary N) is 1. The van der Waals surface area contributed by atoms with Gasteiger partial charge in [0.25, 0.3) is 22.4 Å². The van der Waals surface area contributed by atoms with Crippen molar-refractivity contribution in [1.82, 2.24) is 4.72 Å². The van der Waals surface area contributed by atoms with Gasteiger partial charge in [-0.1, -0.05) is 37.8 Å². The van der Waals surface area contributed by atoms with Gasteiger partial charge in [-0.05, 0) is 30.3 Å². The summed E-state index contributed by atoms with van der Waals surface area (Å²) in [6.45, 7) is 2.68. The van der Waals surface area contributed by atoms with Gasteiger partial charge < -0.3 is 4.74 Å². The largest absolute Gasteiger partial charge is 0.486 e. The van der Waals surface area contributed by atoms with E-state index in [9.17, 15) is 30.4 Å². The third-order valence-corrected chi connectivity index (χ3v) is 6.26. The average Bonchev–Trinajstić information content (AvgIpc) is 2.69. The summed E-state index contributed by atoms with van der Waals surface area (Å²) < 4.78 is 80.6. The fraction of sp³-hybridized carbons (Fsp3) is 0.250. The second-order valence-corrected chi connectivity index (χ2v) is 9.94. The zero-order chi connectivity index (χ0) is 24.1. The summed E-state index contributed by atoms with van der Waals surface area (Å²) >= 11 is 0. The van der Waals surface area contributed by atoms with E-state index in [4.69, 9.17) is 9.88 Å². The van der Waals surface area contributed by atoms with Gasteiger partial charge in [-0.15, -0.1) is 0 Å². The Morgan fingerprint density at radius 2 is 1.72 bits per heavy atom. The molecule has 0 heterocycles. The van der Waals surface area contributed by atoms with E-state index in [0.29, 0.717) is 0 Å². The Kier molecular flexibility index (Phi) is 7.95. The van der Waals surface area contributed by atoms with E-state index in [0.717, 1.165) is 18.2 Å². The first-order valence-electron chi connectivity index (χ1n) is 9.07. The number of hydrogen-bond donors (Lipinski definition) is 2. The number of rotatable bonds is 7. The molecular formula is C20H20F2N2O6S2. The maximum Gasteiger partial charge on any atom is 0.272 e. The van der Waals surface area contributed by atoms with Crippen molar-refractivity contribution in [3.63, 3.8) is 0 Å². The van der Waals surface area contributed by atoms with Crippen LogP contribution in [0.1, 0.15) is 29.8 Å². The van der Waals surface area contributed by atoms with Crippen LogP contribution < -0.4 is 14.6 Å². The molecule has 0 aromatic heterocycles. The predicted molar refractivity (Wildman–Crippen MR) is 112 cm³/mol. The highest BCUT2D eigenvalue weighted by Gasteiger charge is 2.26. The molecule has 32 heavy (non-hydrogen) atoms. The van der Waals surface area contributed by atoms with Crippen molar-refractivity contribution in [2.24, 2.45) is 11.1 Å². The molecule has 1 amide bonds. The number of benzene rings is 2. The van der Waals surface area contributed by atoms with Crippen LogP contribution in [0.2, 0.25) is 0 Å². The van der Waals surface area contributed by atoms with E-state index in [-0.39, 0.29) is 22.8 Å². The van der Waals surface area contributed by atoms with Gasteiger partial charge >= 0.3 is 0 Å². The molecule has 0 unspecified atom stereocenters. The Morgan fingerprint density at radius 3 is 2.28 bits per heavy atom. The summed E-state index contributed by atoms with van der Waals surface area (Å²) in [6, 6.07) is 8.11. The van der Waals surface area contributed by atoms with Crippen molar-refractivity contribution >= 4 is 26.0 Å². The van der Waals surface area contributed by atoms with E-state index >= 15 is 0 Å². The van der Waals surface area contributed by atoms with Gasteiger partial charge in [-0.25, -0.2) is 35.5 Å². The van der Waals surface area contributed by atoms with Crippen molar-refractivity contribution in [3.8, 4) is 17.6 Å². The Balaban J connectivity index is 2.41. The maximum atomic E-state index is 12.6. The van der Waals surface area contributed by atoms with E-state index in [2.05, 4.69) is 11.8 Å². The fourth-order valence-corrected chi connectivity index (χ4v) is 4.76. The molecule has 0 fully saturated rings. The van der Waals surface area contributed by atoms with Gasteiger partial charge in [0.2, 0.25) is 10.0 Å². The number of amides is 1. The lowest BCUT2D eigenvalue weighted by atomic mass is 10.1. The predicted octanol–water partition coefficient (Wildman–Crippen LogP) is 2.10. The van der Waals surface area contributed by atoms with Crippen molar-refractivity contribution in [3.05, 3.63) is 53.6 Å². The molecule has 0 bridgehead atoms. The van der Waals surface area contributed by atoms with Crippen LogP contribution in [-0.4, -0.2) is 35.8 Å². The number of primary sulfonamides is 1. The minimum Gasteiger partial charge on any atom is -0.486 e. The Labute approximate surface area is 184 Å². The van der Waals surface area contributed by atoms with Crippen LogP contribution >= 0.6 is 0 Å². The molecule has 172 valence electrons. The fourth-order valence-electron chi connectivity index (χ4n) is 2.40. The van der Waals surface area contributed by atoms with Gasteiger partial charge in [-0.2, -0.15) is 0 Å². The molecule has 2 rings (SSSR count). The molecule has 2 aromatic carbocycles. The van der Waals surface area contributed by atoms with Crippen molar-refractivity contribution in [2.75, 3.05) is 6.61 Å². The molecule has 8 nitrogen and oxygen atoms in total. The third-order valence-electron chi connectivity index (χ3n) is 3.78. The summed E-state index contributed by atoms with van der Waals surface area (Å²) in [6.07, 6.45) is -2.78. The Bertz CT molecular complexity index is 1280. The number of halogens is 2. The highest BCUT2D eigenvalue weighted by atomic mass is 32.2. The van der Waals surface area contributed by atoms with Crippen molar-refractivity contribution in [2.45, 2.75) is 30.1 Å². The van der Waals surface area contributed by atoms with Crippen molar-refractivity contribution in [1.29, 1.82) is 0 Å². The first-order valence-corrected chi connectivity index (χ1v) is 12.1. The quantitative estimate of drug-likeness (QED) is 0.576. The molecule has 0 aliphatic heterocycles. The molecule has 0 spiro atoms. The van der Waals surface area contributed by atoms with Crippen LogP contribution in [0.3, 0.4) is 0 Å². The zero-order valence-corrected chi connectivity index (χ0v) is 18.6. The van der Waals surface area contributed by atoms with Gasteiger partial charge in [0, 0.05) is 11.5 Å². The molecule has 12 heteroatoms. The normalized spacial score (nSPS) is 11.7. The van der Waals surface area contributed by atoms with Crippen molar-refractivity contribution < 1.29 is 35.1 Å². The van der Waals surface area contributed by atoms with Gasteiger partial charge in [-0.3, -0.25) is 4.79 Å². The summed E-state index contributed by atoms with van der Waals surface area (Å²) in [7, 11) is -9.03. The van der Waals surface area contributed by atoms with Crippen LogP contribution in [0.25, 0.3) is 0 Å². The highest BCUT2D eigenvalue weighted by Crippen LogP contribution is 2.23. The van der Waals surface area contributed by atoms with E-state index in [1.807, 2.05) is 13.8 Å². The van der Waals surface area contributed by atoms with Crippen LogP contribution in [0.4, 0.5) is 8.78 Å². The van der Waals surface area contributed by atoms with Crippen LogP contribution in [0.15, 0.2) is 52.3 Å². The second kappa shape index (κ2) is 10.1. The molecule has 0 saturated heterocycles. The van der Waals surface area contributed by atoms with E-state index < -0.39 is 48.8 Å². The van der Waals surface area contributed by atoms with E-state index in [1.54, 1.807) is 4.72 Å². The number of sulfonamides is 2. The smallest absolute Gasteiger partial charge is 0.272 e. The summed E-state index contributed by atoms with van der Waals surface area (Å²) in [4.78, 5) is 11.1. The lowest BCUT2D eigenvalue weighted by Gasteiger charge is -2.12. The standard InChI is InChI=1S/C20H20F2N2O6S2/c1-13(2)7-8-14-9-10-15(11-16(14)30-12-19(21)22)20(25)24-32(28,29)18-6-4-3-5-17(18)31(23,26)27/h3-6,9-11,13,19H,12H2,1-2H3,(H,24,25)(H2,23,26,27). The third kappa shape index (κ3) is 6.74. The minimum absolute atomic E-state index is 0.0232. The van der Waals surface area contributed by atoms with Crippen LogP contribution in [-0.2, 0) is 20.0 Å². The minimum atomic E-state index is -4.64. The highest BCUT2D eigenvalue weighted by molar-refractivity contribution is 7.92. The first-order chi connectivity index (χ1) is 14.8. The molecule has 0 aliphatic rings.